The van der Waals surface area contributed by atoms with Gasteiger partial charge < -0.3 is 9.64 Å². The van der Waals surface area contributed by atoms with Crippen LogP contribution < -0.4 is 0 Å². The standard InChI is InChI=1S/C19H20Cl2N2O4S/c1-22(13-14-3-2-4-16(20)11-14)19(24)15-5-6-17(21)18(12-15)28(25,26)23-7-9-27-10-8-23/h2-6,11-12H,7-10,13H2,1H3. The molecular formula is C19H20Cl2N2O4S. The summed E-state index contributed by atoms with van der Waals surface area (Å²) in [6.45, 7) is 1.51. The van der Waals surface area contributed by atoms with E-state index in [-0.39, 0.29) is 34.5 Å². The van der Waals surface area contributed by atoms with Crippen LogP contribution in [0.25, 0.3) is 0 Å². The number of benzene rings is 2. The number of ether oxygens (including phenoxy) is 1. The van der Waals surface area contributed by atoms with Crippen molar-refractivity contribution < 1.29 is 17.9 Å². The van der Waals surface area contributed by atoms with Crippen molar-refractivity contribution in [1.82, 2.24) is 9.21 Å². The molecule has 1 amide bonds. The van der Waals surface area contributed by atoms with Crippen molar-refractivity contribution in [3.63, 3.8) is 0 Å². The Morgan fingerprint density at radius 3 is 2.54 bits per heavy atom. The van der Waals surface area contributed by atoms with E-state index < -0.39 is 10.0 Å². The van der Waals surface area contributed by atoms with Crippen LogP contribution in [-0.4, -0.2) is 56.9 Å². The van der Waals surface area contributed by atoms with Crippen LogP contribution in [0, 0.1) is 0 Å². The van der Waals surface area contributed by atoms with Gasteiger partial charge in [-0.05, 0) is 35.9 Å². The summed E-state index contributed by atoms with van der Waals surface area (Å²) in [7, 11) is -2.16. The van der Waals surface area contributed by atoms with Crippen molar-refractivity contribution >= 4 is 39.1 Å². The largest absolute Gasteiger partial charge is 0.379 e. The number of nitrogens with zero attached hydrogens (tertiary/aromatic N) is 2. The number of hydrogen-bond donors (Lipinski definition) is 0. The van der Waals surface area contributed by atoms with E-state index in [0.29, 0.717) is 24.8 Å². The molecule has 0 bridgehead atoms. The minimum Gasteiger partial charge on any atom is -0.379 e. The molecule has 0 unspecified atom stereocenters. The second kappa shape index (κ2) is 8.80. The lowest BCUT2D eigenvalue weighted by molar-refractivity contribution is 0.0730. The minimum atomic E-state index is -3.81. The Balaban J connectivity index is 1.84. The minimum absolute atomic E-state index is 0.0712. The molecule has 9 heteroatoms. The van der Waals surface area contributed by atoms with Crippen LogP contribution in [-0.2, 0) is 21.3 Å². The average Bonchev–Trinajstić information content (AvgIpc) is 2.68. The van der Waals surface area contributed by atoms with E-state index in [0.717, 1.165) is 5.56 Å². The number of morpholine rings is 1. The van der Waals surface area contributed by atoms with Gasteiger partial charge in [-0.1, -0.05) is 35.3 Å². The first-order valence-electron chi connectivity index (χ1n) is 8.66. The van der Waals surface area contributed by atoms with Gasteiger partial charge in [0.1, 0.15) is 4.90 Å². The monoisotopic (exact) mass is 442 g/mol. The normalized spacial score (nSPS) is 15.4. The van der Waals surface area contributed by atoms with Crippen LogP contribution in [0.1, 0.15) is 15.9 Å². The molecule has 3 rings (SSSR count). The maximum Gasteiger partial charge on any atom is 0.253 e. The lowest BCUT2D eigenvalue weighted by atomic mass is 10.1. The second-order valence-electron chi connectivity index (χ2n) is 6.45. The molecule has 2 aromatic rings. The lowest BCUT2D eigenvalue weighted by Gasteiger charge is -2.26. The summed E-state index contributed by atoms with van der Waals surface area (Å²) in [5.41, 5.74) is 1.12. The Hall–Kier alpha value is -1.64. The molecule has 1 saturated heterocycles. The molecule has 1 fully saturated rings. The van der Waals surface area contributed by atoms with Gasteiger partial charge in [-0.25, -0.2) is 8.42 Å². The summed E-state index contributed by atoms with van der Waals surface area (Å²) in [4.78, 5) is 14.3. The van der Waals surface area contributed by atoms with E-state index in [9.17, 15) is 13.2 Å². The second-order valence-corrected chi connectivity index (χ2v) is 9.20. The van der Waals surface area contributed by atoms with Gasteiger partial charge in [0.25, 0.3) is 5.91 Å². The van der Waals surface area contributed by atoms with Gasteiger partial charge in [-0.3, -0.25) is 4.79 Å². The van der Waals surface area contributed by atoms with Crippen LogP contribution in [0.3, 0.4) is 0 Å². The van der Waals surface area contributed by atoms with Gasteiger partial charge in [0.05, 0.1) is 18.2 Å². The highest BCUT2D eigenvalue weighted by molar-refractivity contribution is 7.89. The van der Waals surface area contributed by atoms with Crippen LogP contribution in [0.2, 0.25) is 10.0 Å². The number of carbonyl (C=O) groups excluding carboxylic acids is 1. The zero-order chi connectivity index (χ0) is 20.3. The molecule has 0 N–H and O–H groups in total. The molecule has 0 aliphatic carbocycles. The van der Waals surface area contributed by atoms with Gasteiger partial charge in [-0.15, -0.1) is 0 Å². The first kappa shape index (κ1) is 21.1. The van der Waals surface area contributed by atoms with E-state index in [1.807, 2.05) is 12.1 Å². The number of rotatable bonds is 5. The summed E-state index contributed by atoms with van der Waals surface area (Å²) in [6, 6.07) is 11.5. The fourth-order valence-electron chi connectivity index (χ4n) is 2.96. The molecule has 1 aliphatic rings. The van der Waals surface area contributed by atoms with Crippen molar-refractivity contribution in [2.45, 2.75) is 11.4 Å². The highest BCUT2D eigenvalue weighted by Gasteiger charge is 2.29. The number of amides is 1. The fraction of sp³-hybridized carbons (Fsp3) is 0.316. The van der Waals surface area contributed by atoms with E-state index in [1.54, 1.807) is 19.2 Å². The lowest BCUT2D eigenvalue weighted by Crippen LogP contribution is -2.40. The number of carbonyl (C=O) groups is 1. The first-order chi connectivity index (χ1) is 13.3. The number of halogens is 2. The van der Waals surface area contributed by atoms with Crippen molar-refractivity contribution in [1.29, 1.82) is 0 Å². The summed E-state index contributed by atoms with van der Waals surface area (Å²) in [5, 5.41) is 0.671. The number of hydrogen-bond acceptors (Lipinski definition) is 4. The predicted octanol–water partition coefficient (Wildman–Crippen LogP) is 3.29. The molecule has 0 atom stereocenters. The summed E-state index contributed by atoms with van der Waals surface area (Å²) >= 11 is 12.1. The van der Waals surface area contributed by atoms with E-state index in [4.69, 9.17) is 27.9 Å². The van der Waals surface area contributed by atoms with Gasteiger partial charge in [0.2, 0.25) is 10.0 Å². The van der Waals surface area contributed by atoms with Crippen LogP contribution in [0.15, 0.2) is 47.4 Å². The average molecular weight is 443 g/mol. The molecule has 0 radical (unpaired) electrons. The molecule has 1 heterocycles. The maximum absolute atomic E-state index is 12.9. The van der Waals surface area contributed by atoms with Gasteiger partial charge in [0, 0.05) is 37.3 Å². The molecule has 6 nitrogen and oxygen atoms in total. The van der Waals surface area contributed by atoms with Gasteiger partial charge in [-0.2, -0.15) is 4.31 Å². The smallest absolute Gasteiger partial charge is 0.253 e. The molecule has 1 aliphatic heterocycles. The summed E-state index contributed by atoms with van der Waals surface area (Å²) in [6.07, 6.45) is 0. The molecular weight excluding hydrogens is 423 g/mol. The zero-order valence-corrected chi connectivity index (χ0v) is 17.6. The third-order valence-corrected chi connectivity index (χ3v) is 7.04. The van der Waals surface area contributed by atoms with Gasteiger partial charge in [0.15, 0.2) is 0 Å². The maximum atomic E-state index is 12.9. The Morgan fingerprint density at radius 1 is 1.14 bits per heavy atom. The molecule has 0 saturated carbocycles. The molecule has 2 aromatic carbocycles. The molecule has 28 heavy (non-hydrogen) atoms. The first-order valence-corrected chi connectivity index (χ1v) is 10.9. The summed E-state index contributed by atoms with van der Waals surface area (Å²) in [5.74, 6) is -0.310. The molecule has 150 valence electrons. The zero-order valence-electron chi connectivity index (χ0n) is 15.3. The van der Waals surface area contributed by atoms with Crippen LogP contribution in [0.5, 0.6) is 0 Å². The third-order valence-electron chi connectivity index (χ3n) is 4.42. The quantitative estimate of drug-likeness (QED) is 0.712. The Bertz CT molecular complexity index is 976. The molecule has 0 aromatic heterocycles. The molecule has 0 spiro atoms. The Kier molecular flexibility index (Phi) is 6.62. The summed E-state index contributed by atoms with van der Waals surface area (Å²) < 4.78 is 32.4. The van der Waals surface area contributed by atoms with Crippen LogP contribution in [0.4, 0.5) is 0 Å². The predicted molar refractivity (Wildman–Crippen MR) is 108 cm³/mol. The SMILES string of the molecule is CN(Cc1cccc(Cl)c1)C(=O)c1ccc(Cl)c(S(=O)(=O)N2CCOCC2)c1. The van der Waals surface area contributed by atoms with Crippen molar-refractivity contribution in [3.8, 4) is 0 Å². The van der Waals surface area contributed by atoms with E-state index in [1.165, 1.54) is 27.4 Å². The fourth-order valence-corrected chi connectivity index (χ4v) is 5.08. The highest BCUT2D eigenvalue weighted by atomic mass is 35.5. The number of sulfonamides is 1. The highest BCUT2D eigenvalue weighted by Crippen LogP contribution is 2.27. The Morgan fingerprint density at radius 2 is 1.86 bits per heavy atom. The van der Waals surface area contributed by atoms with Crippen molar-refractivity contribution in [3.05, 3.63) is 63.6 Å². The van der Waals surface area contributed by atoms with E-state index >= 15 is 0 Å². The topological polar surface area (TPSA) is 66.9 Å². The van der Waals surface area contributed by atoms with Crippen molar-refractivity contribution in [2.24, 2.45) is 0 Å². The van der Waals surface area contributed by atoms with Gasteiger partial charge >= 0.3 is 0 Å². The van der Waals surface area contributed by atoms with Crippen LogP contribution >= 0.6 is 23.2 Å². The Labute approximate surface area is 174 Å². The third kappa shape index (κ3) is 4.67. The van der Waals surface area contributed by atoms with Crippen molar-refractivity contribution in [2.75, 3.05) is 33.4 Å². The van der Waals surface area contributed by atoms with E-state index in [2.05, 4.69) is 0 Å².